The molecule has 2 amide bonds. The maximum Gasteiger partial charge on any atom is 0.326 e. The number of hydrogen-bond donors (Lipinski definition) is 3. The van der Waals surface area contributed by atoms with Gasteiger partial charge in [-0.15, -0.1) is 0 Å². The highest BCUT2D eigenvalue weighted by Gasteiger charge is 2.31. The molecule has 8 heteroatoms. The molecular formula is C12H20N2O6. The van der Waals surface area contributed by atoms with E-state index in [-0.39, 0.29) is 12.8 Å². The lowest BCUT2D eigenvalue weighted by Crippen LogP contribution is -2.56. The fraction of sp³-hybridized carbons (Fsp3) is 0.750. The minimum atomic E-state index is -1.24. The number of hydrogen-bond acceptors (Lipinski definition) is 4. The number of amides is 2. The average Bonchev–Trinajstić information content (AvgIpc) is 2.32. The van der Waals surface area contributed by atoms with Gasteiger partial charge in [0.05, 0.1) is 18.8 Å². The van der Waals surface area contributed by atoms with E-state index in [0.717, 1.165) is 0 Å². The van der Waals surface area contributed by atoms with Crippen molar-refractivity contribution in [1.82, 2.24) is 10.2 Å². The molecule has 0 spiro atoms. The van der Waals surface area contributed by atoms with Crippen molar-refractivity contribution in [3.63, 3.8) is 0 Å². The third-order valence-corrected chi connectivity index (χ3v) is 2.96. The van der Waals surface area contributed by atoms with Gasteiger partial charge in [-0.25, -0.2) is 9.59 Å². The third-order valence-electron chi connectivity index (χ3n) is 2.96. The molecule has 8 nitrogen and oxygen atoms in total. The first-order valence-corrected chi connectivity index (χ1v) is 6.35. The van der Waals surface area contributed by atoms with E-state index in [1.165, 1.54) is 4.90 Å². The summed E-state index contributed by atoms with van der Waals surface area (Å²) < 4.78 is 5.46. The predicted molar refractivity (Wildman–Crippen MR) is 68.4 cm³/mol. The second kappa shape index (κ2) is 6.56. The fourth-order valence-electron chi connectivity index (χ4n) is 1.96. The van der Waals surface area contributed by atoms with Crippen LogP contribution in [0.25, 0.3) is 0 Å². The van der Waals surface area contributed by atoms with Crippen LogP contribution in [0.1, 0.15) is 26.7 Å². The van der Waals surface area contributed by atoms with Gasteiger partial charge >= 0.3 is 18.0 Å². The van der Waals surface area contributed by atoms with Gasteiger partial charge in [-0.1, -0.05) is 0 Å². The van der Waals surface area contributed by atoms with E-state index in [2.05, 4.69) is 5.32 Å². The number of aliphatic carboxylic acids is 2. The minimum absolute atomic E-state index is 0.149. The van der Waals surface area contributed by atoms with Crippen LogP contribution >= 0.6 is 0 Å². The van der Waals surface area contributed by atoms with Crippen molar-refractivity contribution >= 4 is 18.0 Å². The lowest BCUT2D eigenvalue weighted by molar-refractivity contribution is -0.140. The second-order valence-electron chi connectivity index (χ2n) is 5.30. The Bertz CT molecular complexity index is 395. The molecule has 1 saturated heterocycles. The molecule has 0 radical (unpaired) electrons. The van der Waals surface area contributed by atoms with Crippen LogP contribution < -0.4 is 5.32 Å². The van der Waals surface area contributed by atoms with Crippen molar-refractivity contribution in [1.29, 1.82) is 0 Å². The second-order valence-corrected chi connectivity index (χ2v) is 5.30. The van der Waals surface area contributed by atoms with Crippen LogP contribution in [0.5, 0.6) is 0 Å². The van der Waals surface area contributed by atoms with E-state index in [1.54, 1.807) is 0 Å². The van der Waals surface area contributed by atoms with Gasteiger partial charge in [0.15, 0.2) is 0 Å². The Morgan fingerprint density at radius 3 is 2.50 bits per heavy atom. The molecule has 1 atom stereocenters. The highest BCUT2D eigenvalue weighted by molar-refractivity contribution is 5.83. The van der Waals surface area contributed by atoms with Gasteiger partial charge in [0.1, 0.15) is 6.04 Å². The summed E-state index contributed by atoms with van der Waals surface area (Å²) in [6.07, 6.45) is -0.462. The van der Waals surface area contributed by atoms with Gasteiger partial charge in [-0.2, -0.15) is 0 Å². The van der Waals surface area contributed by atoms with Crippen LogP contribution in [-0.2, 0) is 14.3 Å². The topological polar surface area (TPSA) is 116 Å². The van der Waals surface area contributed by atoms with E-state index in [4.69, 9.17) is 14.9 Å². The van der Waals surface area contributed by atoms with Crippen molar-refractivity contribution in [2.75, 3.05) is 19.7 Å². The van der Waals surface area contributed by atoms with Crippen molar-refractivity contribution in [2.45, 2.75) is 38.3 Å². The Morgan fingerprint density at radius 1 is 1.35 bits per heavy atom. The molecule has 0 bridgehead atoms. The number of rotatable bonds is 5. The van der Waals surface area contributed by atoms with Crippen molar-refractivity contribution < 1.29 is 29.3 Å². The number of urea groups is 1. The van der Waals surface area contributed by atoms with Crippen LogP contribution in [0.4, 0.5) is 4.79 Å². The van der Waals surface area contributed by atoms with Crippen molar-refractivity contribution in [3.05, 3.63) is 0 Å². The molecule has 20 heavy (non-hydrogen) atoms. The zero-order valence-corrected chi connectivity index (χ0v) is 11.6. The molecule has 0 aliphatic carbocycles. The van der Waals surface area contributed by atoms with Gasteiger partial charge in [-0.3, -0.25) is 4.79 Å². The summed E-state index contributed by atoms with van der Waals surface area (Å²) in [7, 11) is 0. The number of nitrogens with zero attached hydrogens (tertiary/aromatic N) is 1. The average molecular weight is 288 g/mol. The summed E-state index contributed by atoms with van der Waals surface area (Å²) in [6.45, 7) is 4.79. The van der Waals surface area contributed by atoms with Gasteiger partial charge in [0.2, 0.25) is 0 Å². The summed E-state index contributed by atoms with van der Waals surface area (Å²) in [5.74, 6) is -2.34. The van der Waals surface area contributed by atoms with Crippen LogP contribution in [0.2, 0.25) is 0 Å². The molecule has 1 rings (SSSR count). The van der Waals surface area contributed by atoms with E-state index in [0.29, 0.717) is 19.7 Å². The fourth-order valence-corrected chi connectivity index (χ4v) is 1.96. The number of morpholine rings is 1. The van der Waals surface area contributed by atoms with Gasteiger partial charge in [-0.05, 0) is 20.3 Å². The Morgan fingerprint density at radius 2 is 2.00 bits per heavy atom. The SMILES string of the molecule is CC1(C)CN(C(=O)N[C@@H](CCC(=O)O)C(=O)O)CCO1. The smallest absolute Gasteiger partial charge is 0.326 e. The van der Waals surface area contributed by atoms with Crippen molar-refractivity contribution in [3.8, 4) is 0 Å². The Balaban J connectivity index is 2.57. The first-order valence-electron chi connectivity index (χ1n) is 6.35. The van der Waals surface area contributed by atoms with Crippen molar-refractivity contribution in [2.24, 2.45) is 0 Å². The summed E-state index contributed by atoms with van der Waals surface area (Å²) >= 11 is 0. The van der Waals surface area contributed by atoms with Gasteiger partial charge in [0, 0.05) is 13.0 Å². The molecule has 3 N–H and O–H groups in total. The number of carboxylic acid groups (broad SMARTS) is 2. The zero-order chi connectivity index (χ0) is 15.3. The van der Waals surface area contributed by atoms with E-state index in [9.17, 15) is 14.4 Å². The highest BCUT2D eigenvalue weighted by Crippen LogP contribution is 2.16. The molecule has 0 aromatic rings. The summed E-state index contributed by atoms with van der Waals surface area (Å²) in [5.41, 5.74) is -0.477. The van der Waals surface area contributed by atoms with Crippen LogP contribution in [0, 0.1) is 0 Å². The Labute approximate surface area is 116 Å². The molecule has 0 aromatic carbocycles. The highest BCUT2D eigenvalue weighted by atomic mass is 16.5. The first-order chi connectivity index (χ1) is 9.21. The number of carbonyl (C=O) groups excluding carboxylic acids is 1. The first kappa shape index (κ1) is 16.2. The number of ether oxygens (including phenoxy) is 1. The van der Waals surface area contributed by atoms with Crippen LogP contribution in [0.15, 0.2) is 0 Å². The maximum atomic E-state index is 12.0. The lowest BCUT2D eigenvalue weighted by atomic mass is 10.1. The molecule has 1 heterocycles. The molecule has 0 aromatic heterocycles. The summed E-state index contributed by atoms with van der Waals surface area (Å²) in [6, 6.07) is -1.72. The lowest BCUT2D eigenvalue weighted by Gasteiger charge is -2.38. The molecule has 114 valence electrons. The van der Waals surface area contributed by atoms with E-state index < -0.39 is 29.6 Å². The Kier molecular flexibility index (Phi) is 5.32. The third kappa shape index (κ3) is 5.04. The normalized spacial score (nSPS) is 19.2. The van der Waals surface area contributed by atoms with E-state index >= 15 is 0 Å². The number of nitrogens with one attached hydrogen (secondary N) is 1. The van der Waals surface area contributed by atoms with E-state index in [1.807, 2.05) is 13.8 Å². The maximum absolute atomic E-state index is 12.0. The Hall–Kier alpha value is -1.83. The standard InChI is InChI=1S/C12H20N2O6/c1-12(2)7-14(5-6-20-12)11(19)13-8(10(17)18)3-4-9(15)16/h8H,3-7H2,1-2H3,(H,13,19)(H,15,16)(H,17,18)/t8-/m0/s1. The van der Waals surface area contributed by atoms with Crippen LogP contribution in [-0.4, -0.2) is 64.4 Å². The molecule has 0 saturated carbocycles. The predicted octanol–water partition coefficient (Wildman–Crippen LogP) is 0.125. The number of carbonyl (C=O) groups is 3. The molecule has 1 aliphatic rings. The molecular weight excluding hydrogens is 268 g/mol. The molecule has 1 fully saturated rings. The summed E-state index contributed by atoms with van der Waals surface area (Å²) in [5, 5.41) is 19.9. The quantitative estimate of drug-likeness (QED) is 0.662. The molecule has 1 aliphatic heterocycles. The van der Waals surface area contributed by atoms with Gasteiger partial charge < -0.3 is 25.2 Å². The number of carboxylic acids is 2. The van der Waals surface area contributed by atoms with Gasteiger partial charge in [0.25, 0.3) is 0 Å². The minimum Gasteiger partial charge on any atom is -0.481 e. The molecule has 0 unspecified atom stereocenters. The summed E-state index contributed by atoms with van der Waals surface area (Å²) in [4.78, 5) is 34.9. The largest absolute Gasteiger partial charge is 0.481 e. The monoisotopic (exact) mass is 288 g/mol. The van der Waals surface area contributed by atoms with Crippen LogP contribution in [0.3, 0.4) is 0 Å². The zero-order valence-electron chi connectivity index (χ0n) is 11.6.